The molecule has 0 atom stereocenters. The topological polar surface area (TPSA) is 96.9 Å². The predicted octanol–water partition coefficient (Wildman–Crippen LogP) is 4.61. The summed E-state index contributed by atoms with van der Waals surface area (Å²) in [7, 11) is 0. The van der Waals surface area contributed by atoms with E-state index >= 15 is 0 Å². The van der Waals surface area contributed by atoms with E-state index in [0.29, 0.717) is 38.2 Å². The van der Waals surface area contributed by atoms with Crippen molar-refractivity contribution in [3.05, 3.63) is 93.5 Å². The summed E-state index contributed by atoms with van der Waals surface area (Å²) in [5, 5.41) is 7.14. The number of hydrogen-bond acceptors (Lipinski definition) is 5. The number of halogens is 2. The molecule has 0 aliphatic rings. The van der Waals surface area contributed by atoms with Crippen molar-refractivity contribution in [1.82, 2.24) is 5.43 Å². The highest BCUT2D eigenvalue weighted by atomic mass is 35.5. The maximum Gasteiger partial charge on any atom is 0.343 e. The van der Waals surface area contributed by atoms with Crippen LogP contribution in [0, 0.1) is 6.92 Å². The van der Waals surface area contributed by atoms with Gasteiger partial charge >= 0.3 is 17.8 Å². The van der Waals surface area contributed by atoms with Crippen LogP contribution in [0.3, 0.4) is 0 Å². The lowest BCUT2D eigenvalue weighted by Gasteiger charge is -2.08. The Bertz CT molecular complexity index is 1190. The van der Waals surface area contributed by atoms with Gasteiger partial charge in [0.2, 0.25) is 0 Å². The van der Waals surface area contributed by atoms with E-state index in [4.69, 9.17) is 27.9 Å². The Morgan fingerprint density at radius 3 is 2.38 bits per heavy atom. The minimum Gasteiger partial charge on any atom is -0.423 e. The Morgan fingerprint density at radius 1 is 0.938 bits per heavy atom. The Morgan fingerprint density at radius 2 is 1.66 bits per heavy atom. The molecule has 2 N–H and O–H groups in total. The van der Waals surface area contributed by atoms with Crippen LogP contribution < -0.4 is 15.5 Å². The number of carbonyl (C=O) groups excluding carboxylic acids is 3. The molecule has 0 saturated carbocycles. The van der Waals surface area contributed by atoms with Gasteiger partial charge in [0.15, 0.2) is 0 Å². The largest absolute Gasteiger partial charge is 0.423 e. The van der Waals surface area contributed by atoms with Crippen LogP contribution in [0.4, 0.5) is 5.69 Å². The van der Waals surface area contributed by atoms with Gasteiger partial charge in [-0.2, -0.15) is 5.10 Å². The number of carbonyl (C=O) groups is 3. The monoisotopic (exact) mass is 469 g/mol. The normalized spacial score (nSPS) is 10.6. The van der Waals surface area contributed by atoms with Crippen LogP contribution >= 0.6 is 23.2 Å². The Balaban J connectivity index is 1.53. The first-order valence-electron chi connectivity index (χ1n) is 9.31. The van der Waals surface area contributed by atoms with Crippen molar-refractivity contribution in [3.8, 4) is 5.75 Å². The summed E-state index contributed by atoms with van der Waals surface area (Å²) in [4.78, 5) is 36.1. The van der Waals surface area contributed by atoms with E-state index in [1.807, 2.05) is 0 Å². The summed E-state index contributed by atoms with van der Waals surface area (Å²) in [5.41, 5.74) is 4.17. The van der Waals surface area contributed by atoms with E-state index in [1.54, 1.807) is 67.6 Å². The van der Waals surface area contributed by atoms with Crippen molar-refractivity contribution in [2.45, 2.75) is 6.92 Å². The van der Waals surface area contributed by atoms with Gasteiger partial charge in [-0.1, -0.05) is 35.3 Å². The van der Waals surface area contributed by atoms with E-state index < -0.39 is 17.8 Å². The molecule has 0 radical (unpaired) electrons. The van der Waals surface area contributed by atoms with Gasteiger partial charge in [0.1, 0.15) is 5.75 Å². The average Bonchev–Trinajstić information content (AvgIpc) is 2.78. The molecule has 3 aromatic rings. The van der Waals surface area contributed by atoms with Crippen LogP contribution in [-0.2, 0) is 9.59 Å². The van der Waals surface area contributed by atoms with Crippen molar-refractivity contribution in [2.75, 3.05) is 5.32 Å². The van der Waals surface area contributed by atoms with Gasteiger partial charge in [-0.15, -0.1) is 0 Å². The first-order valence-corrected chi connectivity index (χ1v) is 10.1. The van der Waals surface area contributed by atoms with Crippen molar-refractivity contribution in [2.24, 2.45) is 5.10 Å². The first-order chi connectivity index (χ1) is 15.3. The number of hydrogen-bond donors (Lipinski definition) is 2. The maximum atomic E-state index is 12.1. The van der Waals surface area contributed by atoms with Gasteiger partial charge in [-0.05, 0) is 72.6 Å². The molecule has 3 aromatic carbocycles. The molecule has 0 aromatic heterocycles. The van der Waals surface area contributed by atoms with Gasteiger partial charge in [0, 0.05) is 15.7 Å². The fourth-order valence-electron chi connectivity index (χ4n) is 2.54. The zero-order chi connectivity index (χ0) is 23.1. The molecule has 0 heterocycles. The van der Waals surface area contributed by atoms with Gasteiger partial charge in [-0.3, -0.25) is 9.59 Å². The predicted molar refractivity (Wildman–Crippen MR) is 123 cm³/mol. The molecule has 0 unspecified atom stereocenters. The molecular formula is C23H17Cl2N3O4. The average molecular weight is 470 g/mol. The summed E-state index contributed by atoms with van der Waals surface area (Å²) >= 11 is 11.9. The highest BCUT2D eigenvalue weighted by molar-refractivity contribution is 6.40. The van der Waals surface area contributed by atoms with E-state index in [-0.39, 0.29) is 0 Å². The lowest BCUT2D eigenvalue weighted by Crippen LogP contribution is -2.32. The van der Waals surface area contributed by atoms with Crippen LogP contribution in [0.25, 0.3) is 0 Å². The van der Waals surface area contributed by atoms with Gasteiger partial charge in [0.05, 0.1) is 11.8 Å². The Labute approximate surface area is 194 Å². The lowest BCUT2D eigenvalue weighted by atomic mass is 10.2. The van der Waals surface area contributed by atoms with E-state index in [1.165, 1.54) is 12.3 Å². The standard InChI is InChI=1S/C23H17Cl2N3O4/c1-14-19(25)6-3-7-20(14)27-21(29)22(30)28-26-13-15-8-10-18(11-9-15)32-23(31)16-4-2-5-17(24)12-16/h2-13H,1H3,(H,27,29)(H,28,30). The van der Waals surface area contributed by atoms with Crippen molar-refractivity contribution >= 4 is 52.9 Å². The third-order valence-corrected chi connectivity index (χ3v) is 4.90. The van der Waals surface area contributed by atoms with Crippen LogP contribution in [-0.4, -0.2) is 24.0 Å². The summed E-state index contributed by atoms with van der Waals surface area (Å²) in [6.45, 7) is 1.73. The number of amides is 2. The number of esters is 1. The number of ether oxygens (including phenoxy) is 1. The summed E-state index contributed by atoms with van der Waals surface area (Å²) in [5.74, 6) is -2.03. The molecule has 0 aliphatic carbocycles. The molecule has 0 fully saturated rings. The third-order valence-electron chi connectivity index (χ3n) is 4.25. The number of rotatable bonds is 5. The van der Waals surface area contributed by atoms with Gasteiger partial charge < -0.3 is 10.1 Å². The molecule has 9 heteroatoms. The van der Waals surface area contributed by atoms with Gasteiger partial charge in [-0.25, -0.2) is 10.2 Å². The summed E-state index contributed by atoms with van der Waals surface area (Å²) < 4.78 is 5.29. The van der Waals surface area contributed by atoms with E-state index in [2.05, 4.69) is 15.8 Å². The number of nitrogens with one attached hydrogen (secondary N) is 2. The molecule has 162 valence electrons. The fourth-order valence-corrected chi connectivity index (χ4v) is 2.91. The van der Waals surface area contributed by atoms with E-state index in [0.717, 1.165) is 0 Å². The highest BCUT2D eigenvalue weighted by Crippen LogP contribution is 2.22. The fraction of sp³-hybridized carbons (Fsp3) is 0.0435. The first kappa shape index (κ1) is 23.0. The molecule has 3 rings (SSSR count). The number of benzene rings is 3. The minimum atomic E-state index is -0.937. The molecule has 0 bridgehead atoms. The molecule has 0 saturated heterocycles. The maximum absolute atomic E-state index is 12.1. The van der Waals surface area contributed by atoms with Crippen LogP contribution in [0.2, 0.25) is 10.0 Å². The molecule has 2 amide bonds. The third kappa shape index (κ3) is 6.16. The number of anilines is 1. The van der Waals surface area contributed by atoms with E-state index in [9.17, 15) is 14.4 Å². The lowest BCUT2D eigenvalue weighted by molar-refractivity contribution is -0.136. The summed E-state index contributed by atoms with van der Waals surface area (Å²) in [6.07, 6.45) is 1.35. The molecule has 0 aliphatic heterocycles. The molecule has 7 nitrogen and oxygen atoms in total. The van der Waals surface area contributed by atoms with Crippen LogP contribution in [0.15, 0.2) is 71.8 Å². The summed E-state index contributed by atoms with van der Waals surface area (Å²) in [6, 6.07) is 17.8. The minimum absolute atomic E-state index is 0.326. The SMILES string of the molecule is Cc1c(Cl)cccc1NC(=O)C(=O)NN=Cc1ccc(OC(=O)c2cccc(Cl)c2)cc1. The molecule has 32 heavy (non-hydrogen) atoms. The van der Waals surface area contributed by atoms with Crippen LogP contribution in [0.1, 0.15) is 21.5 Å². The Hall–Kier alpha value is -3.68. The smallest absolute Gasteiger partial charge is 0.343 e. The van der Waals surface area contributed by atoms with Crippen molar-refractivity contribution < 1.29 is 19.1 Å². The second-order valence-electron chi connectivity index (χ2n) is 6.53. The van der Waals surface area contributed by atoms with Crippen molar-refractivity contribution in [1.29, 1.82) is 0 Å². The highest BCUT2D eigenvalue weighted by Gasteiger charge is 2.14. The molecule has 0 spiro atoms. The van der Waals surface area contributed by atoms with Gasteiger partial charge in [0.25, 0.3) is 0 Å². The number of hydrazone groups is 1. The Kier molecular flexibility index (Phi) is 7.59. The second-order valence-corrected chi connectivity index (χ2v) is 7.38. The van der Waals surface area contributed by atoms with Crippen LogP contribution in [0.5, 0.6) is 5.75 Å². The molecular weight excluding hydrogens is 453 g/mol. The number of nitrogens with zero attached hydrogens (tertiary/aromatic N) is 1. The van der Waals surface area contributed by atoms with Crippen molar-refractivity contribution in [3.63, 3.8) is 0 Å². The zero-order valence-electron chi connectivity index (χ0n) is 16.8. The second kappa shape index (κ2) is 10.6. The quantitative estimate of drug-likeness (QED) is 0.187. The zero-order valence-corrected chi connectivity index (χ0v) is 18.3.